The van der Waals surface area contributed by atoms with Crippen molar-refractivity contribution in [2.24, 2.45) is 0 Å². The van der Waals surface area contributed by atoms with Gasteiger partial charge in [0.25, 0.3) is 0 Å². The van der Waals surface area contributed by atoms with Gasteiger partial charge in [-0.1, -0.05) is 60.1 Å². The molecule has 18 heavy (non-hydrogen) atoms. The first-order valence-electron chi connectivity index (χ1n) is 6.58. The Morgan fingerprint density at radius 2 is 1.83 bits per heavy atom. The normalized spacial score (nSPS) is 14.0. The number of amides is 1. The van der Waals surface area contributed by atoms with E-state index in [1.165, 1.54) is 5.56 Å². The summed E-state index contributed by atoms with van der Waals surface area (Å²) >= 11 is 3.46. The predicted octanol–water partition coefficient (Wildman–Crippen LogP) is 3.99. The van der Waals surface area contributed by atoms with Crippen molar-refractivity contribution in [3.8, 4) is 0 Å². The fourth-order valence-electron chi connectivity index (χ4n) is 1.81. The molecule has 0 fully saturated rings. The number of hydrogen-bond acceptors (Lipinski definition) is 1. The van der Waals surface area contributed by atoms with E-state index >= 15 is 0 Å². The van der Waals surface area contributed by atoms with Crippen LogP contribution in [0.25, 0.3) is 0 Å². The van der Waals surface area contributed by atoms with Gasteiger partial charge in [0.1, 0.15) is 0 Å². The molecule has 0 spiro atoms. The molecule has 2 unspecified atom stereocenters. The van der Waals surface area contributed by atoms with Gasteiger partial charge in [0.05, 0.1) is 4.83 Å². The molecule has 0 saturated heterocycles. The Labute approximate surface area is 119 Å². The standard InChI is InChI=1S/C15H22BrNO/c1-4-12(3)17(15(18)14(16)5-2)11-13-9-7-6-8-10-13/h6-10,12,14H,4-5,11H2,1-3H3. The van der Waals surface area contributed by atoms with E-state index in [2.05, 4.69) is 41.9 Å². The Morgan fingerprint density at radius 1 is 1.22 bits per heavy atom. The smallest absolute Gasteiger partial charge is 0.236 e. The molecule has 1 amide bonds. The Kier molecular flexibility index (Phi) is 6.41. The molecule has 0 N–H and O–H groups in total. The zero-order chi connectivity index (χ0) is 13.5. The van der Waals surface area contributed by atoms with Gasteiger partial charge in [0.2, 0.25) is 5.91 Å². The van der Waals surface area contributed by atoms with Crippen LogP contribution in [0.5, 0.6) is 0 Å². The average Bonchev–Trinajstić information content (AvgIpc) is 2.43. The van der Waals surface area contributed by atoms with Crippen LogP contribution in [0.2, 0.25) is 0 Å². The third-order valence-corrected chi connectivity index (χ3v) is 4.27. The first-order valence-corrected chi connectivity index (χ1v) is 7.50. The van der Waals surface area contributed by atoms with Crippen LogP contribution in [0.15, 0.2) is 30.3 Å². The maximum atomic E-state index is 12.4. The summed E-state index contributed by atoms with van der Waals surface area (Å²) in [5.74, 6) is 0.190. The van der Waals surface area contributed by atoms with E-state index < -0.39 is 0 Å². The topological polar surface area (TPSA) is 20.3 Å². The highest BCUT2D eigenvalue weighted by Gasteiger charge is 2.24. The number of carbonyl (C=O) groups excluding carboxylic acids is 1. The van der Waals surface area contributed by atoms with E-state index in [0.717, 1.165) is 12.8 Å². The van der Waals surface area contributed by atoms with E-state index in [9.17, 15) is 4.79 Å². The lowest BCUT2D eigenvalue weighted by Gasteiger charge is -2.30. The number of alkyl halides is 1. The molecule has 0 aromatic heterocycles. The molecule has 1 rings (SSSR count). The van der Waals surface area contributed by atoms with Crippen LogP contribution in [0.3, 0.4) is 0 Å². The van der Waals surface area contributed by atoms with Crippen molar-refractivity contribution in [3.05, 3.63) is 35.9 Å². The molecule has 0 bridgehead atoms. The van der Waals surface area contributed by atoms with Gasteiger partial charge in [0.15, 0.2) is 0 Å². The molecule has 2 atom stereocenters. The Balaban J connectivity index is 2.82. The van der Waals surface area contributed by atoms with E-state index in [4.69, 9.17) is 0 Å². The summed E-state index contributed by atoms with van der Waals surface area (Å²) in [4.78, 5) is 14.3. The Morgan fingerprint density at radius 3 is 2.33 bits per heavy atom. The Hall–Kier alpha value is -0.830. The maximum Gasteiger partial charge on any atom is 0.236 e. The molecule has 0 aliphatic heterocycles. The highest BCUT2D eigenvalue weighted by Crippen LogP contribution is 2.16. The molecule has 0 radical (unpaired) electrons. The molecule has 2 nitrogen and oxygen atoms in total. The second-order valence-corrected chi connectivity index (χ2v) is 5.69. The first-order chi connectivity index (χ1) is 8.60. The van der Waals surface area contributed by atoms with E-state index in [1.54, 1.807) is 0 Å². The molecule has 0 heterocycles. The zero-order valence-electron chi connectivity index (χ0n) is 11.4. The molecule has 3 heteroatoms. The van der Waals surface area contributed by atoms with Crippen molar-refractivity contribution in [2.45, 2.75) is 51.0 Å². The van der Waals surface area contributed by atoms with Crippen LogP contribution < -0.4 is 0 Å². The van der Waals surface area contributed by atoms with Crippen LogP contribution in [-0.2, 0) is 11.3 Å². The molecular formula is C15H22BrNO. The number of rotatable bonds is 6. The molecule has 0 saturated carbocycles. The fraction of sp³-hybridized carbons (Fsp3) is 0.533. The lowest BCUT2D eigenvalue weighted by atomic mass is 10.1. The molecule has 1 aromatic rings. The van der Waals surface area contributed by atoms with Crippen molar-refractivity contribution in [3.63, 3.8) is 0 Å². The molecular weight excluding hydrogens is 290 g/mol. The lowest BCUT2D eigenvalue weighted by Crippen LogP contribution is -2.41. The first kappa shape index (κ1) is 15.2. The third kappa shape index (κ3) is 4.13. The van der Waals surface area contributed by atoms with Gasteiger partial charge in [-0.15, -0.1) is 0 Å². The third-order valence-electron chi connectivity index (χ3n) is 3.23. The lowest BCUT2D eigenvalue weighted by molar-refractivity contribution is -0.133. The van der Waals surface area contributed by atoms with Crippen LogP contribution in [-0.4, -0.2) is 21.7 Å². The minimum atomic E-state index is -0.0739. The van der Waals surface area contributed by atoms with Crippen LogP contribution in [0.4, 0.5) is 0 Å². The number of hydrogen-bond donors (Lipinski definition) is 0. The van der Waals surface area contributed by atoms with Crippen LogP contribution in [0, 0.1) is 0 Å². The number of benzene rings is 1. The highest BCUT2D eigenvalue weighted by atomic mass is 79.9. The Bertz CT molecular complexity index is 366. The number of halogens is 1. The highest BCUT2D eigenvalue weighted by molar-refractivity contribution is 9.10. The van der Waals surface area contributed by atoms with Gasteiger partial charge in [-0.2, -0.15) is 0 Å². The summed E-state index contributed by atoms with van der Waals surface area (Å²) in [6.45, 7) is 6.94. The average molecular weight is 312 g/mol. The zero-order valence-corrected chi connectivity index (χ0v) is 13.0. The summed E-state index contributed by atoms with van der Waals surface area (Å²) in [6.07, 6.45) is 1.79. The van der Waals surface area contributed by atoms with Gasteiger partial charge in [0, 0.05) is 12.6 Å². The van der Waals surface area contributed by atoms with E-state index in [0.29, 0.717) is 6.54 Å². The largest absolute Gasteiger partial charge is 0.335 e. The van der Waals surface area contributed by atoms with E-state index in [-0.39, 0.29) is 16.8 Å². The van der Waals surface area contributed by atoms with Crippen molar-refractivity contribution in [2.75, 3.05) is 0 Å². The molecule has 100 valence electrons. The van der Waals surface area contributed by atoms with Crippen molar-refractivity contribution in [1.82, 2.24) is 4.90 Å². The van der Waals surface area contributed by atoms with Crippen molar-refractivity contribution >= 4 is 21.8 Å². The van der Waals surface area contributed by atoms with Gasteiger partial charge in [-0.3, -0.25) is 4.79 Å². The van der Waals surface area contributed by atoms with Crippen LogP contribution in [0.1, 0.15) is 39.2 Å². The monoisotopic (exact) mass is 311 g/mol. The van der Waals surface area contributed by atoms with Gasteiger partial charge < -0.3 is 4.90 Å². The summed E-state index contributed by atoms with van der Waals surface area (Å²) in [6, 6.07) is 10.4. The summed E-state index contributed by atoms with van der Waals surface area (Å²) in [5, 5.41) is 0. The van der Waals surface area contributed by atoms with Gasteiger partial charge in [-0.25, -0.2) is 0 Å². The number of nitrogens with zero attached hydrogens (tertiary/aromatic N) is 1. The van der Waals surface area contributed by atoms with E-state index in [1.807, 2.05) is 30.0 Å². The minimum absolute atomic E-state index is 0.0739. The second-order valence-electron chi connectivity index (χ2n) is 4.58. The van der Waals surface area contributed by atoms with Crippen LogP contribution >= 0.6 is 15.9 Å². The van der Waals surface area contributed by atoms with Crippen molar-refractivity contribution in [1.29, 1.82) is 0 Å². The van der Waals surface area contributed by atoms with Crippen molar-refractivity contribution < 1.29 is 4.79 Å². The predicted molar refractivity (Wildman–Crippen MR) is 79.8 cm³/mol. The summed E-state index contributed by atoms with van der Waals surface area (Å²) in [5.41, 5.74) is 1.18. The fourth-order valence-corrected chi connectivity index (χ4v) is 2.07. The SMILES string of the molecule is CCC(Br)C(=O)N(Cc1ccccc1)C(C)CC. The van der Waals surface area contributed by atoms with Gasteiger partial charge in [-0.05, 0) is 25.3 Å². The maximum absolute atomic E-state index is 12.4. The second kappa shape index (κ2) is 7.57. The summed E-state index contributed by atoms with van der Waals surface area (Å²) < 4.78 is 0. The molecule has 1 aromatic carbocycles. The summed E-state index contributed by atoms with van der Waals surface area (Å²) in [7, 11) is 0. The quantitative estimate of drug-likeness (QED) is 0.727. The molecule has 0 aliphatic rings. The number of carbonyl (C=O) groups is 1. The minimum Gasteiger partial charge on any atom is -0.335 e. The molecule has 0 aliphatic carbocycles. The van der Waals surface area contributed by atoms with Gasteiger partial charge >= 0.3 is 0 Å².